The summed E-state index contributed by atoms with van der Waals surface area (Å²) in [5, 5.41) is 5.36. The van der Waals surface area contributed by atoms with Crippen molar-refractivity contribution in [1.82, 2.24) is 5.32 Å². The normalized spacial score (nSPS) is 11.1. The van der Waals surface area contributed by atoms with Gasteiger partial charge in [-0.2, -0.15) is 0 Å². The van der Waals surface area contributed by atoms with E-state index in [9.17, 15) is 24.0 Å². The van der Waals surface area contributed by atoms with Gasteiger partial charge in [0.25, 0.3) is 5.91 Å². The highest BCUT2D eigenvalue weighted by atomic mass is 35.5. The van der Waals surface area contributed by atoms with Gasteiger partial charge >= 0.3 is 23.9 Å². The van der Waals surface area contributed by atoms with Gasteiger partial charge in [0.15, 0.2) is 6.61 Å². The zero-order valence-corrected chi connectivity index (χ0v) is 20.4. The van der Waals surface area contributed by atoms with Gasteiger partial charge in [0.1, 0.15) is 0 Å². The molecule has 0 aliphatic rings. The fraction of sp³-hybridized carbons (Fsp3) is 0.292. The highest BCUT2D eigenvalue weighted by Crippen LogP contribution is 2.20. The number of amides is 3. The van der Waals surface area contributed by atoms with Gasteiger partial charge in [-0.25, -0.2) is 14.4 Å². The Labute approximate surface area is 212 Å². The van der Waals surface area contributed by atoms with Crippen LogP contribution in [0.2, 0.25) is 5.02 Å². The van der Waals surface area contributed by atoms with Crippen molar-refractivity contribution in [3.63, 3.8) is 0 Å². The molecule has 2 aromatic carbocycles. The highest BCUT2D eigenvalue weighted by Gasteiger charge is 2.20. The second-order valence-corrected chi connectivity index (χ2v) is 7.70. The summed E-state index contributed by atoms with van der Waals surface area (Å²) < 4.78 is 14.9. The van der Waals surface area contributed by atoms with E-state index >= 15 is 0 Å². The summed E-state index contributed by atoms with van der Waals surface area (Å²) in [6, 6.07) is 8.65. The van der Waals surface area contributed by atoms with E-state index in [-0.39, 0.29) is 36.4 Å². The maximum atomic E-state index is 12.4. The molecule has 11 nitrogen and oxygen atoms in total. The molecule has 0 unspecified atom stereocenters. The predicted molar refractivity (Wildman–Crippen MR) is 129 cm³/mol. The molecule has 0 saturated heterocycles. The quantitative estimate of drug-likeness (QED) is 0.301. The number of nitrogens with two attached hydrogens (primary N) is 1. The van der Waals surface area contributed by atoms with E-state index in [1.54, 1.807) is 38.1 Å². The minimum Gasteiger partial charge on any atom is -0.462 e. The number of nitrogens with one attached hydrogen (secondary N) is 2. The summed E-state index contributed by atoms with van der Waals surface area (Å²) in [5.74, 6) is -2.90. The highest BCUT2D eigenvalue weighted by molar-refractivity contribution is 6.30. The molecular formula is C24H26ClN3O8. The van der Waals surface area contributed by atoms with Crippen LogP contribution in [0.5, 0.6) is 0 Å². The Morgan fingerprint density at radius 2 is 1.44 bits per heavy atom. The van der Waals surface area contributed by atoms with Crippen LogP contribution in [-0.2, 0) is 23.8 Å². The number of ether oxygens (including phenoxy) is 3. The molecule has 4 N–H and O–H groups in total. The van der Waals surface area contributed by atoms with Crippen molar-refractivity contribution in [2.24, 2.45) is 5.73 Å². The van der Waals surface area contributed by atoms with Crippen molar-refractivity contribution in [3.8, 4) is 0 Å². The molecule has 0 aliphatic carbocycles. The fourth-order valence-electron chi connectivity index (χ4n) is 3.05. The van der Waals surface area contributed by atoms with Gasteiger partial charge < -0.3 is 30.6 Å². The third-order valence-electron chi connectivity index (χ3n) is 4.56. The van der Waals surface area contributed by atoms with Crippen LogP contribution in [0.25, 0.3) is 0 Å². The van der Waals surface area contributed by atoms with E-state index in [4.69, 9.17) is 31.5 Å². The summed E-state index contributed by atoms with van der Waals surface area (Å²) in [7, 11) is 0. The number of hydrogen-bond acceptors (Lipinski definition) is 8. The second kappa shape index (κ2) is 13.7. The molecule has 0 radical (unpaired) electrons. The number of carbonyl (C=O) groups is 5. The van der Waals surface area contributed by atoms with Gasteiger partial charge in [-0.3, -0.25) is 9.59 Å². The molecule has 12 heteroatoms. The summed E-state index contributed by atoms with van der Waals surface area (Å²) in [6.07, 6.45) is -0.302. The molecule has 0 heterocycles. The number of urea groups is 1. The van der Waals surface area contributed by atoms with Crippen LogP contribution in [0.15, 0.2) is 42.5 Å². The number of rotatable bonds is 11. The van der Waals surface area contributed by atoms with E-state index in [1.807, 2.05) is 0 Å². The van der Waals surface area contributed by atoms with Crippen molar-refractivity contribution >= 4 is 47.1 Å². The molecule has 0 saturated carbocycles. The molecule has 2 rings (SSSR count). The molecule has 3 amide bonds. The third kappa shape index (κ3) is 8.91. The van der Waals surface area contributed by atoms with Crippen molar-refractivity contribution < 1.29 is 38.2 Å². The Morgan fingerprint density at radius 3 is 1.94 bits per heavy atom. The van der Waals surface area contributed by atoms with E-state index in [0.717, 1.165) is 0 Å². The Balaban J connectivity index is 2.06. The van der Waals surface area contributed by atoms with Gasteiger partial charge in [0.2, 0.25) is 0 Å². The Kier molecular flexibility index (Phi) is 10.7. The SMILES string of the molecule is CCOC(=O)c1cc(NC(=O)COC(=O)C[C@H](NC(N)=O)c2ccc(Cl)cc2)cc(C(=O)OCC)c1. The lowest BCUT2D eigenvalue weighted by Gasteiger charge is -2.17. The van der Waals surface area contributed by atoms with E-state index < -0.39 is 42.5 Å². The van der Waals surface area contributed by atoms with E-state index in [0.29, 0.717) is 10.6 Å². The molecule has 2 aromatic rings. The Morgan fingerprint density at radius 1 is 0.889 bits per heavy atom. The van der Waals surface area contributed by atoms with Crippen molar-refractivity contribution in [2.75, 3.05) is 25.1 Å². The van der Waals surface area contributed by atoms with Crippen LogP contribution >= 0.6 is 11.6 Å². The van der Waals surface area contributed by atoms with Gasteiger partial charge in [-0.05, 0) is 49.7 Å². The average Bonchev–Trinajstić information content (AvgIpc) is 2.82. The van der Waals surface area contributed by atoms with Crippen LogP contribution in [0, 0.1) is 0 Å². The van der Waals surface area contributed by atoms with Crippen molar-refractivity contribution in [1.29, 1.82) is 0 Å². The number of anilines is 1. The average molecular weight is 520 g/mol. The molecule has 0 spiro atoms. The van der Waals surface area contributed by atoms with Crippen LogP contribution in [0.3, 0.4) is 0 Å². The summed E-state index contributed by atoms with van der Waals surface area (Å²) in [6.45, 7) is 2.81. The fourth-order valence-corrected chi connectivity index (χ4v) is 3.18. The molecule has 36 heavy (non-hydrogen) atoms. The standard InChI is InChI=1S/C24H26ClN3O8/c1-3-34-22(31)15-9-16(23(32)35-4-2)11-18(10-15)27-20(29)13-36-21(30)12-19(28-24(26)33)14-5-7-17(25)8-6-14/h5-11,19H,3-4,12-13H2,1-2H3,(H,27,29)(H3,26,28,33)/t19-/m0/s1. The first-order valence-corrected chi connectivity index (χ1v) is 11.3. The molecule has 0 bridgehead atoms. The number of halogens is 1. The summed E-state index contributed by atoms with van der Waals surface area (Å²) in [4.78, 5) is 60.3. The summed E-state index contributed by atoms with van der Waals surface area (Å²) in [5.41, 5.74) is 5.90. The zero-order chi connectivity index (χ0) is 26.7. The lowest BCUT2D eigenvalue weighted by atomic mass is 10.0. The molecule has 0 aromatic heterocycles. The molecule has 192 valence electrons. The number of primary amides is 1. The monoisotopic (exact) mass is 519 g/mol. The minimum absolute atomic E-state index is 0.0260. The zero-order valence-electron chi connectivity index (χ0n) is 19.7. The number of benzene rings is 2. The van der Waals surface area contributed by atoms with E-state index in [2.05, 4.69) is 10.6 Å². The first kappa shape index (κ1) is 28.1. The number of hydrogen-bond donors (Lipinski definition) is 3. The predicted octanol–water partition coefficient (Wildman–Crippen LogP) is 2.97. The van der Waals surface area contributed by atoms with Crippen LogP contribution in [0.1, 0.15) is 52.6 Å². The maximum absolute atomic E-state index is 12.4. The van der Waals surface area contributed by atoms with Crippen LogP contribution in [0.4, 0.5) is 10.5 Å². The first-order chi connectivity index (χ1) is 17.1. The lowest BCUT2D eigenvalue weighted by molar-refractivity contribution is -0.147. The second-order valence-electron chi connectivity index (χ2n) is 7.27. The van der Waals surface area contributed by atoms with Gasteiger partial charge in [0.05, 0.1) is 36.8 Å². The van der Waals surface area contributed by atoms with Crippen LogP contribution < -0.4 is 16.4 Å². The lowest BCUT2D eigenvalue weighted by Crippen LogP contribution is -2.35. The smallest absolute Gasteiger partial charge is 0.338 e. The van der Waals surface area contributed by atoms with Crippen molar-refractivity contribution in [3.05, 3.63) is 64.2 Å². The van der Waals surface area contributed by atoms with Crippen molar-refractivity contribution in [2.45, 2.75) is 26.3 Å². The Bertz CT molecular complexity index is 1080. The third-order valence-corrected chi connectivity index (χ3v) is 4.81. The Hall–Kier alpha value is -4.12. The molecule has 0 aliphatic heterocycles. The van der Waals surface area contributed by atoms with Gasteiger partial charge in [0, 0.05) is 10.7 Å². The van der Waals surface area contributed by atoms with Crippen LogP contribution in [-0.4, -0.2) is 49.7 Å². The topological polar surface area (TPSA) is 163 Å². The van der Waals surface area contributed by atoms with Gasteiger partial charge in [-0.15, -0.1) is 0 Å². The summed E-state index contributed by atoms with van der Waals surface area (Å²) >= 11 is 5.86. The molecular weight excluding hydrogens is 494 g/mol. The largest absolute Gasteiger partial charge is 0.462 e. The number of esters is 3. The van der Waals surface area contributed by atoms with Gasteiger partial charge in [-0.1, -0.05) is 23.7 Å². The minimum atomic E-state index is -0.848. The maximum Gasteiger partial charge on any atom is 0.338 e. The molecule has 1 atom stereocenters. The van der Waals surface area contributed by atoms with E-state index in [1.165, 1.54) is 18.2 Å². The number of carbonyl (C=O) groups excluding carboxylic acids is 5. The molecule has 0 fully saturated rings. The first-order valence-electron chi connectivity index (χ1n) is 10.9.